The van der Waals surface area contributed by atoms with Gasteiger partial charge in [-0.3, -0.25) is 0 Å². The van der Waals surface area contributed by atoms with Gasteiger partial charge >= 0.3 is 0 Å². The Morgan fingerprint density at radius 2 is 1.87 bits per heavy atom. The van der Waals surface area contributed by atoms with Gasteiger partial charge in [-0.05, 0) is 57.1 Å². The third-order valence-electron chi connectivity index (χ3n) is 4.12. The molecule has 0 spiro atoms. The highest BCUT2D eigenvalue weighted by molar-refractivity contribution is 7.80. The summed E-state index contributed by atoms with van der Waals surface area (Å²) in [6, 6.07) is 5.85. The maximum atomic E-state index is 10.8. The second-order valence-electron chi connectivity index (χ2n) is 6.80. The van der Waals surface area contributed by atoms with E-state index in [0.717, 1.165) is 12.0 Å². The van der Waals surface area contributed by atoms with Crippen LogP contribution in [-0.4, -0.2) is 47.1 Å². The number of nitrogens with one attached hydrogen (secondary N) is 1. The van der Waals surface area contributed by atoms with Crippen molar-refractivity contribution in [2.75, 3.05) is 20.8 Å². The summed E-state index contributed by atoms with van der Waals surface area (Å²) in [5.41, 5.74) is -0.0610. The largest absolute Gasteiger partial charge is 0.493 e. The second-order valence-corrected chi connectivity index (χ2v) is 7.19. The molecular formula is C17H26N2O3S. The van der Waals surface area contributed by atoms with Gasteiger partial charge in [0.25, 0.3) is 0 Å². The molecule has 0 amide bonds. The van der Waals surface area contributed by atoms with Gasteiger partial charge in [0.1, 0.15) is 5.72 Å². The normalized spacial score (nSPS) is 23.4. The molecule has 1 heterocycles. The molecule has 128 valence electrons. The van der Waals surface area contributed by atoms with Crippen LogP contribution in [0.5, 0.6) is 11.5 Å². The van der Waals surface area contributed by atoms with Crippen LogP contribution < -0.4 is 14.8 Å². The van der Waals surface area contributed by atoms with Crippen LogP contribution in [0.15, 0.2) is 18.2 Å². The summed E-state index contributed by atoms with van der Waals surface area (Å²) in [4.78, 5) is 1.85. The SMILES string of the molecule is COc1ccc(CCN2C(=S)NC(C)(C)CC2(C)O)cc1OC. The van der Waals surface area contributed by atoms with Gasteiger partial charge in [-0.25, -0.2) is 0 Å². The van der Waals surface area contributed by atoms with Gasteiger partial charge in [-0.15, -0.1) is 0 Å². The fourth-order valence-electron chi connectivity index (χ4n) is 3.17. The van der Waals surface area contributed by atoms with Gasteiger partial charge in [0.15, 0.2) is 16.6 Å². The molecule has 1 unspecified atom stereocenters. The minimum Gasteiger partial charge on any atom is -0.493 e. The Balaban J connectivity index is 2.09. The standard InChI is InChI=1S/C17H26N2O3S/c1-16(2)11-17(3,20)19(15(23)18-16)9-8-12-6-7-13(21-4)14(10-12)22-5/h6-7,10,20H,8-9,11H2,1-5H3,(H,18,23). The summed E-state index contributed by atoms with van der Waals surface area (Å²) < 4.78 is 10.6. The molecule has 2 rings (SSSR count). The lowest BCUT2D eigenvalue weighted by Gasteiger charge is -2.49. The van der Waals surface area contributed by atoms with E-state index in [2.05, 4.69) is 5.32 Å². The lowest BCUT2D eigenvalue weighted by atomic mass is 9.90. The number of ether oxygens (including phenoxy) is 2. The molecule has 1 saturated heterocycles. The van der Waals surface area contributed by atoms with Gasteiger partial charge in [0.05, 0.1) is 14.2 Å². The van der Waals surface area contributed by atoms with E-state index in [0.29, 0.717) is 29.6 Å². The van der Waals surface area contributed by atoms with Crippen molar-refractivity contribution in [1.29, 1.82) is 0 Å². The van der Waals surface area contributed by atoms with E-state index >= 15 is 0 Å². The fourth-order valence-corrected chi connectivity index (χ4v) is 3.74. The summed E-state index contributed by atoms with van der Waals surface area (Å²) in [7, 11) is 3.24. The number of aliphatic hydroxyl groups is 1. The molecule has 1 aliphatic rings. The third kappa shape index (κ3) is 4.06. The Bertz CT molecular complexity index is 587. The number of methoxy groups -OCH3 is 2. The molecule has 5 nitrogen and oxygen atoms in total. The number of nitrogens with zero attached hydrogens (tertiary/aromatic N) is 1. The molecule has 1 fully saturated rings. The van der Waals surface area contributed by atoms with Crippen LogP contribution in [0.4, 0.5) is 0 Å². The first kappa shape index (κ1) is 17.8. The second kappa shape index (κ2) is 6.53. The Kier molecular flexibility index (Phi) is 5.06. The summed E-state index contributed by atoms with van der Waals surface area (Å²) in [5, 5.41) is 14.6. The molecule has 0 aliphatic carbocycles. The molecule has 23 heavy (non-hydrogen) atoms. The minimum atomic E-state index is -0.956. The molecule has 1 atom stereocenters. The highest BCUT2D eigenvalue weighted by Gasteiger charge is 2.42. The average molecular weight is 338 g/mol. The maximum Gasteiger partial charge on any atom is 0.171 e. The molecule has 0 saturated carbocycles. The topological polar surface area (TPSA) is 54.0 Å². The van der Waals surface area contributed by atoms with E-state index in [1.165, 1.54) is 0 Å². The Morgan fingerprint density at radius 1 is 1.22 bits per heavy atom. The molecule has 0 bridgehead atoms. The predicted octanol–water partition coefficient (Wildman–Crippen LogP) is 2.31. The van der Waals surface area contributed by atoms with Crippen molar-refractivity contribution in [3.05, 3.63) is 23.8 Å². The van der Waals surface area contributed by atoms with E-state index in [-0.39, 0.29) is 5.54 Å². The van der Waals surface area contributed by atoms with E-state index in [4.69, 9.17) is 21.7 Å². The van der Waals surface area contributed by atoms with Crippen molar-refractivity contribution in [2.24, 2.45) is 0 Å². The first-order valence-corrected chi connectivity index (χ1v) is 8.12. The molecule has 1 aliphatic heterocycles. The summed E-state index contributed by atoms with van der Waals surface area (Å²) in [5.74, 6) is 1.41. The lowest BCUT2D eigenvalue weighted by Crippen LogP contribution is -2.66. The Labute approximate surface area is 143 Å². The van der Waals surface area contributed by atoms with Gasteiger partial charge in [0.2, 0.25) is 0 Å². The summed E-state index contributed by atoms with van der Waals surface area (Å²) >= 11 is 5.44. The molecule has 6 heteroatoms. The highest BCUT2D eigenvalue weighted by Crippen LogP contribution is 2.31. The molecule has 0 radical (unpaired) electrons. The lowest BCUT2D eigenvalue weighted by molar-refractivity contribution is -0.0876. The average Bonchev–Trinajstić information content (AvgIpc) is 2.43. The van der Waals surface area contributed by atoms with Crippen LogP contribution in [-0.2, 0) is 6.42 Å². The number of hydrogen-bond donors (Lipinski definition) is 2. The highest BCUT2D eigenvalue weighted by atomic mass is 32.1. The van der Waals surface area contributed by atoms with Crippen molar-refractivity contribution >= 4 is 17.3 Å². The zero-order chi connectivity index (χ0) is 17.3. The van der Waals surface area contributed by atoms with Crippen LogP contribution in [0.25, 0.3) is 0 Å². The third-order valence-corrected chi connectivity index (χ3v) is 4.44. The zero-order valence-electron chi connectivity index (χ0n) is 14.5. The van der Waals surface area contributed by atoms with Crippen LogP contribution in [0.2, 0.25) is 0 Å². The fraction of sp³-hybridized carbons (Fsp3) is 0.588. The van der Waals surface area contributed by atoms with E-state index in [1.807, 2.05) is 43.9 Å². The monoisotopic (exact) mass is 338 g/mol. The zero-order valence-corrected chi connectivity index (χ0v) is 15.3. The van der Waals surface area contributed by atoms with Crippen molar-refractivity contribution in [1.82, 2.24) is 10.2 Å². The van der Waals surface area contributed by atoms with Gasteiger partial charge in [-0.1, -0.05) is 6.07 Å². The first-order chi connectivity index (χ1) is 10.7. The predicted molar refractivity (Wildman–Crippen MR) is 95.0 cm³/mol. The quantitative estimate of drug-likeness (QED) is 0.804. The van der Waals surface area contributed by atoms with Gasteiger partial charge in [-0.2, -0.15) is 0 Å². The van der Waals surface area contributed by atoms with Crippen molar-refractivity contribution in [3.8, 4) is 11.5 Å². The van der Waals surface area contributed by atoms with Crippen LogP contribution in [0.1, 0.15) is 32.8 Å². The van der Waals surface area contributed by atoms with E-state index in [9.17, 15) is 5.11 Å². The summed E-state index contributed by atoms with van der Waals surface area (Å²) in [6.07, 6.45) is 1.35. The minimum absolute atomic E-state index is 0.208. The van der Waals surface area contributed by atoms with Gasteiger partial charge < -0.3 is 24.8 Å². The maximum absolute atomic E-state index is 10.8. The number of hydrogen-bond acceptors (Lipinski definition) is 4. The van der Waals surface area contributed by atoms with Crippen molar-refractivity contribution in [2.45, 2.75) is 44.9 Å². The molecule has 1 aromatic carbocycles. The number of rotatable bonds is 5. The molecule has 0 aromatic heterocycles. The van der Waals surface area contributed by atoms with Crippen LogP contribution >= 0.6 is 12.2 Å². The smallest absolute Gasteiger partial charge is 0.171 e. The van der Waals surface area contributed by atoms with E-state index in [1.54, 1.807) is 14.2 Å². The molecular weight excluding hydrogens is 312 g/mol. The Morgan fingerprint density at radius 3 is 2.43 bits per heavy atom. The van der Waals surface area contributed by atoms with Crippen LogP contribution in [0.3, 0.4) is 0 Å². The van der Waals surface area contributed by atoms with E-state index < -0.39 is 5.72 Å². The molecule has 2 N–H and O–H groups in total. The number of thiocarbonyl (C=S) groups is 1. The summed E-state index contributed by atoms with van der Waals surface area (Å²) in [6.45, 7) is 6.53. The van der Waals surface area contributed by atoms with Crippen molar-refractivity contribution in [3.63, 3.8) is 0 Å². The van der Waals surface area contributed by atoms with Crippen LogP contribution in [0, 0.1) is 0 Å². The first-order valence-electron chi connectivity index (χ1n) is 7.71. The Hall–Kier alpha value is -1.53. The van der Waals surface area contributed by atoms with Crippen molar-refractivity contribution < 1.29 is 14.6 Å². The number of benzene rings is 1. The molecule has 1 aromatic rings. The van der Waals surface area contributed by atoms with Gasteiger partial charge in [0, 0.05) is 18.5 Å².